The monoisotopic (exact) mass is 221 g/mol. The van der Waals surface area contributed by atoms with Gasteiger partial charge in [-0.1, -0.05) is 0 Å². The van der Waals surface area contributed by atoms with Gasteiger partial charge in [-0.15, -0.1) is 0 Å². The standard InChI is InChI=1S/C11H19N5/c1-2-15-8-6-14-11(15)16(9-3-4-9)7-5-10(12)13/h6,8-9H,2-5,7H2,1H3,(H3,12,13). The van der Waals surface area contributed by atoms with Crippen LogP contribution in [0, 0.1) is 5.41 Å². The smallest absolute Gasteiger partial charge is 0.205 e. The maximum Gasteiger partial charge on any atom is 0.205 e. The van der Waals surface area contributed by atoms with Gasteiger partial charge in [-0.25, -0.2) is 4.98 Å². The minimum atomic E-state index is 0.250. The van der Waals surface area contributed by atoms with Gasteiger partial charge in [-0.05, 0) is 19.8 Å². The predicted octanol–water partition coefficient (Wildman–Crippen LogP) is 1.20. The van der Waals surface area contributed by atoms with Gasteiger partial charge in [0.05, 0.1) is 5.84 Å². The summed E-state index contributed by atoms with van der Waals surface area (Å²) in [5, 5.41) is 7.30. The van der Waals surface area contributed by atoms with Crippen molar-refractivity contribution in [3.8, 4) is 0 Å². The van der Waals surface area contributed by atoms with Gasteiger partial charge in [-0.2, -0.15) is 0 Å². The summed E-state index contributed by atoms with van der Waals surface area (Å²) in [6, 6.07) is 0.604. The molecule has 16 heavy (non-hydrogen) atoms. The van der Waals surface area contributed by atoms with Gasteiger partial charge in [-0.3, -0.25) is 5.41 Å². The van der Waals surface area contributed by atoms with E-state index in [1.54, 1.807) is 0 Å². The summed E-state index contributed by atoms with van der Waals surface area (Å²) in [6.07, 6.45) is 6.91. The lowest BCUT2D eigenvalue weighted by Gasteiger charge is -2.23. The van der Waals surface area contributed by atoms with Crippen molar-refractivity contribution in [2.45, 2.75) is 38.8 Å². The van der Waals surface area contributed by atoms with Crippen molar-refractivity contribution in [1.29, 1.82) is 5.41 Å². The number of aromatic nitrogens is 2. The van der Waals surface area contributed by atoms with Crippen molar-refractivity contribution in [2.24, 2.45) is 5.73 Å². The Morgan fingerprint density at radius 1 is 1.69 bits per heavy atom. The third-order valence-corrected chi connectivity index (χ3v) is 2.90. The highest BCUT2D eigenvalue weighted by Gasteiger charge is 2.31. The molecule has 5 heteroatoms. The molecular formula is C11H19N5. The highest BCUT2D eigenvalue weighted by atomic mass is 15.3. The van der Waals surface area contributed by atoms with Crippen molar-refractivity contribution in [1.82, 2.24) is 9.55 Å². The summed E-state index contributed by atoms with van der Waals surface area (Å²) in [7, 11) is 0. The molecule has 0 unspecified atom stereocenters. The molecule has 0 aromatic carbocycles. The minimum absolute atomic E-state index is 0.250. The summed E-state index contributed by atoms with van der Waals surface area (Å²) in [5.74, 6) is 1.27. The fraction of sp³-hybridized carbons (Fsp3) is 0.636. The van der Waals surface area contributed by atoms with Gasteiger partial charge < -0.3 is 15.2 Å². The van der Waals surface area contributed by atoms with E-state index in [-0.39, 0.29) is 5.84 Å². The Morgan fingerprint density at radius 3 is 3.00 bits per heavy atom. The van der Waals surface area contributed by atoms with Gasteiger partial charge in [0.25, 0.3) is 0 Å². The Kier molecular flexibility index (Phi) is 3.12. The molecule has 0 radical (unpaired) electrons. The van der Waals surface area contributed by atoms with E-state index in [0.717, 1.165) is 19.0 Å². The first kappa shape index (κ1) is 11.0. The molecule has 1 aliphatic carbocycles. The summed E-state index contributed by atoms with van der Waals surface area (Å²) < 4.78 is 2.14. The van der Waals surface area contributed by atoms with Crippen LogP contribution >= 0.6 is 0 Å². The Balaban J connectivity index is 2.09. The topological polar surface area (TPSA) is 70.9 Å². The molecule has 3 N–H and O–H groups in total. The molecule has 1 aromatic rings. The molecule has 2 rings (SSSR count). The first-order valence-corrected chi connectivity index (χ1v) is 5.83. The fourth-order valence-corrected chi connectivity index (χ4v) is 1.88. The molecule has 0 atom stereocenters. The Morgan fingerprint density at radius 2 is 2.44 bits per heavy atom. The number of imidazole rings is 1. The van der Waals surface area contributed by atoms with Crippen molar-refractivity contribution in [2.75, 3.05) is 11.4 Å². The van der Waals surface area contributed by atoms with E-state index >= 15 is 0 Å². The first-order chi connectivity index (χ1) is 7.72. The molecule has 5 nitrogen and oxygen atoms in total. The number of anilines is 1. The largest absolute Gasteiger partial charge is 0.388 e. The average molecular weight is 221 g/mol. The van der Waals surface area contributed by atoms with Gasteiger partial charge >= 0.3 is 0 Å². The maximum absolute atomic E-state index is 7.30. The Hall–Kier alpha value is -1.52. The summed E-state index contributed by atoms with van der Waals surface area (Å²) in [6.45, 7) is 3.84. The number of nitrogens with zero attached hydrogens (tertiary/aromatic N) is 3. The van der Waals surface area contributed by atoms with E-state index < -0.39 is 0 Å². The third kappa shape index (κ3) is 2.35. The zero-order chi connectivity index (χ0) is 11.5. The zero-order valence-corrected chi connectivity index (χ0v) is 9.69. The number of aryl methyl sites for hydroxylation is 1. The van der Waals surface area contributed by atoms with Crippen LogP contribution in [0.3, 0.4) is 0 Å². The van der Waals surface area contributed by atoms with Crippen LogP contribution in [0.5, 0.6) is 0 Å². The van der Waals surface area contributed by atoms with E-state index in [4.69, 9.17) is 11.1 Å². The molecule has 88 valence electrons. The Bertz CT molecular complexity index is 366. The number of hydrogen-bond donors (Lipinski definition) is 2. The van der Waals surface area contributed by atoms with Crippen molar-refractivity contribution in [3.63, 3.8) is 0 Å². The quantitative estimate of drug-likeness (QED) is 0.560. The van der Waals surface area contributed by atoms with Gasteiger partial charge in [0.15, 0.2) is 0 Å². The van der Waals surface area contributed by atoms with Crippen LogP contribution < -0.4 is 10.6 Å². The molecule has 1 aliphatic rings. The molecule has 0 aliphatic heterocycles. The highest BCUT2D eigenvalue weighted by molar-refractivity contribution is 5.77. The lowest BCUT2D eigenvalue weighted by atomic mass is 10.3. The number of hydrogen-bond acceptors (Lipinski definition) is 3. The second-order valence-corrected chi connectivity index (χ2v) is 4.21. The lowest BCUT2D eigenvalue weighted by molar-refractivity contribution is 0.689. The van der Waals surface area contributed by atoms with E-state index in [1.165, 1.54) is 12.8 Å². The number of amidine groups is 1. The lowest BCUT2D eigenvalue weighted by Crippen LogP contribution is -2.32. The molecular weight excluding hydrogens is 202 g/mol. The van der Waals surface area contributed by atoms with E-state index in [9.17, 15) is 0 Å². The molecule has 1 saturated carbocycles. The average Bonchev–Trinajstić information content (AvgIpc) is 2.96. The molecule has 0 amide bonds. The van der Waals surface area contributed by atoms with Crippen LogP contribution in [0.25, 0.3) is 0 Å². The van der Waals surface area contributed by atoms with E-state index in [1.807, 2.05) is 12.4 Å². The maximum atomic E-state index is 7.30. The number of nitrogens with one attached hydrogen (secondary N) is 1. The van der Waals surface area contributed by atoms with Gasteiger partial charge in [0.2, 0.25) is 5.95 Å². The van der Waals surface area contributed by atoms with E-state index in [2.05, 4.69) is 21.4 Å². The number of rotatable bonds is 6. The van der Waals surface area contributed by atoms with Gasteiger partial charge in [0.1, 0.15) is 0 Å². The SMILES string of the molecule is CCn1ccnc1N(CCC(=N)N)C1CC1. The Labute approximate surface area is 95.8 Å². The van der Waals surface area contributed by atoms with Crippen LogP contribution in [0.4, 0.5) is 5.95 Å². The zero-order valence-electron chi connectivity index (χ0n) is 9.69. The van der Waals surface area contributed by atoms with Crippen molar-refractivity contribution < 1.29 is 0 Å². The van der Waals surface area contributed by atoms with Crippen molar-refractivity contribution >= 4 is 11.8 Å². The summed E-state index contributed by atoms with van der Waals surface area (Å²) in [5.41, 5.74) is 5.41. The molecule has 0 bridgehead atoms. The molecule has 1 fully saturated rings. The summed E-state index contributed by atoms with van der Waals surface area (Å²) >= 11 is 0. The normalized spacial score (nSPS) is 15.1. The van der Waals surface area contributed by atoms with Gasteiger partial charge in [0, 0.05) is 37.9 Å². The van der Waals surface area contributed by atoms with Crippen LogP contribution in [0.1, 0.15) is 26.2 Å². The fourth-order valence-electron chi connectivity index (χ4n) is 1.88. The van der Waals surface area contributed by atoms with Crippen LogP contribution in [-0.2, 0) is 6.54 Å². The first-order valence-electron chi connectivity index (χ1n) is 5.83. The summed E-state index contributed by atoms with van der Waals surface area (Å²) in [4.78, 5) is 6.69. The predicted molar refractivity (Wildman–Crippen MR) is 64.8 cm³/mol. The third-order valence-electron chi connectivity index (χ3n) is 2.90. The van der Waals surface area contributed by atoms with E-state index in [0.29, 0.717) is 12.5 Å². The molecule has 1 heterocycles. The second-order valence-electron chi connectivity index (χ2n) is 4.21. The van der Waals surface area contributed by atoms with Crippen LogP contribution in [0.2, 0.25) is 0 Å². The molecule has 1 aromatic heterocycles. The minimum Gasteiger partial charge on any atom is -0.388 e. The van der Waals surface area contributed by atoms with Crippen LogP contribution in [0.15, 0.2) is 12.4 Å². The number of nitrogens with two attached hydrogens (primary N) is 1. The highest BCUT2D eigenvalue weighted by Crippen LogP contribution is 2.30. The van der Waals surface area contributed by atoms with Crippen LogP contribution in [-0.4, -0.2) is 28.0 Å². The van der Waals surface area contributed by atoms with Crippen molar-refractivity contribution in [3.05, 3.63) is 12.4 Å². The molecule has 0 spiro atoms. The molecule has 0 saturated heterocycles. The second kappa shape index (κ2) is 4.55.